The summed E-state index contributed by atoms with van der Waals surface area (Å²) in [6.45, 7) is 6.77. The van der Waals surface area contributed by atoms with Crippen LogP contribution in [0.15, 0.2) is 36.4 Å². The lowest BCUT2D eigenvalue weighted by molar-refractivity contribution is -0.131. The molecule has 1 rings (SSSR count). The van der Waals surface area contributed by atoms with Gasteiger partial charge in [-0.15, -0.1) is 0 Å². The van der Waals surface area contributed by atoms with Crippen molar-refractivity contribution >= 4 is 17.6 Å². The van der Waals surface area contributed by atoms with E-state index in [1.165, 1.54) is 0 Å². The molecule has 5 nitrogen and oxygen atoms in total. The topological polar surface area (TPSA) is 69.6 Å². The molecule has 1 aromatic carbocycles. The molecule has 0 heterocycles. The maximum Gasteiger partial charge on any atom is 0.328 e. The lowest BCUT2D eigenvalue weighted by Gasteiger charge is -2.20. The quantitative estimate of drug-likeness (QED) is 0.748. The normalized spacial score (nSPS) is 10.9. The van der Waals surface area contributed by atoms with E-state index in [2.05, 4.69) is 24.1 Å². The van der Waals surface area contributed by atoms with Gasteiger partial charge in [0.25, 0.3) is 0 Å². The molecule has 0 aliphatic carbocycles. The van der Waals surface area contributed by atoms with Crippen molar-refractivity contribution in [2.45, 2.75) is 20.4 Å². The first-order valence-electron chi connectivity index (χ1n) is 6.59. The van der Waals surface area contributed by atoms with E-state index < -0.39 is 11.9 Å². The van der Waals surface area contributed by atoms with Crippen LogP contribution in [0.25, 0.3) is 0 Å². The van der Waals surface area contributed by atoms with Crippen LogP contribution in [-0.2, 0) is 16.1 Å². The SMILES string of the molecule is CCN(CC)Cc1ccccc1NC(=O)/C=C/C(=O)O. The number of hydrogen-bond acceptors (Lipinski definition) is 3. The molecule has 20 heavy (non-hydrogen) atoms. The van der Waals surface area contributed by atoms with Gasteiger partial charge in [-0.2, -0.15) is 0 Å². The van der Waals surface area contributed by atoms with Gasteiger partial charge in [0.1, 0.15) is 0 Å². The van der Waals surface area contributed by atoms with Crippen LogP contribution in [0.2, 0.25) is 0 Å². The summed E-state index contributed by atoms with van der Waals surface area (Å²) < 4.78 is 0. The molecule has 108 valence electrons. The third kappa shape index (κ3) is 5.24. The summed E-state index contributed by atoms with van der Waals surface area (Å²) in [7, 11) is 0. The Labute approximate surface area is 118 Å². The highest BCUT2D eigenvalue weighted by Crippen LogP contribution is 2.17. The Balaban J connectivity index is 2.80. The van der Waals surface area contributed by atoms with Gasteiger partial charge in [-0.05, 0) is 24.7 Å². The van der Waals surface area contributed by atoms with Crippen molar-refractivity contribution in [3.63, 3.8) is 0 Å². The van der Waals surface area contributed by atoms with Crippen LogP contribution in [0.1, 0.15) is 19.4 Å². The molecule has 0 aliphatic heterocycles. The highest BCUT2D eigenvalue weighted by Gasteiger charge is 2.07. The third-order valence-corrected chi connectivity index (χ3v) is 2.94. The van der Waals surface area contributed by atoms with Crippen LogP contribution in [0.3, 0.4) is 0 Å². The molecule has 1 amide bonds. The smallest absolute Gasteiger partial charge is 0.328 e. The standard InChI is InChI=1S/C15H20N2O3/c1-3-17(4-2)11-12-7-5-6-8-13(12)16-14(18)9-10-15(19)20/h5-10H,3-4,11H2,1-2H3,(H,16,18)(H,19,20)/b10-9+. The van der Waals surface area contributed by atoms with Crippen molar-refractivity contribution < 1.29 is 14.7 Å². The summed E-state index contributed by atoms with van der Waals surface area (Å²) in [5, 5.41) is 11.2. The molecule has 0 saturated carbocycles. The van der Waals surface area contributed by atoms with Crippen LogP contribution < -0.4 is 5.32 Å². The molecule has 0 fully saturated rings. The molecular formula is C15H20N2O3. The zero-order chi connectivity index (χ0) is 15.0. The van der Waals surface area contributed by atoms with Gasteiger partial charge in [0, 0.05) is 24.4 Å². The molecule has 0 atom stereocenters. The fraction of sp³-hybridized carbons (Fsp3) is 0.333. The first kappa shape index (κ1) is 15.9. The summed E-state index contributed by atoms with van der Waals surface area (Å²) >= 11 is 0. The molecule has 0 bridgehead atoms. The maximum atomic E-state index is 11.6. The number of benzene rings is 1. The fourth-order valence-electron chi connectivity index (χ4n) is 1.79. The number of nitrogens with one attached hydrogen (secondary N) is 1. The number of carbonyl (C=O) groups excluding carboxylic acids is 1. The summed E-state index contributed by atoms with van der Waals surface area (Å²) in [6.07, 6.45) is 1.83. The zero-order valence-corrected chi connectivity index (χ0v) is 11.8. The van der Waals surface area contributed by atoms with Gasteiger partial charge in [0.05, 0.1) is 0 Å². The molecule has 5 heteroatoms. The third-order valence-electron chi connectivity index (χ3n) is 2.94. The van der Waals surface area contributed by atoms with Crippen LogP contribution in [0.5, 0.6) is 0 Å². The predicted octanol–water partition coefficient (Wildman–Crippen LogP) is 2.11. The Morgan fingerprint density at radius 3 is 2.45 bits per heavy atom. The van der Waals surface area contributed by atoms with Gasteiger partial charge in [-0.25, -0.2) is 4.79 Å². The molecule has 0 aromatic heterocycles. The number of carboxylic acid groups (broad SMARTS) is 1. The van der Waals surface area contributed by atoms with Crippen LogP contribution in [0.4, 0.5) is 5.69 Å². The Kier molecular flexibility index (Phi) is 6.46. The minimum atomic E-state index is -1.14. The number of rotatable bonds is 7. The second kappa shape index (κ2) is 8.12. The summed E-state index contributed by atoms with van der Waals surface area (Å²) in [6, 6.07) is 7.52. The number of carboxylic acids is 1. The Morgan fingerprint density at radius 1 is 1.20 bits per heavy atom. The van der Waals surface area contributed by atoms with Crippen molar-refractivity contribution in [3.05, 3.63) is 42.0 Å². The number of nitrogens with zero attached hydrogens (tertiary/aromatic N) is 1. The van der Waals surface area contributed by atoms with E-state index in [-0.39, 0.29) is 0 Å². The van der Waals surface area contributed by atoms with E-state index in [0.29, 0.717) is 5.69 Å². The van der Waals surface area contributed by atoms with Crippen molar-refractivity contribution in [1.29, 1.82) is 0 Å². The fourth-order valence-corrected chi connectivity index (χ4v) is 1.79. The second-order valence-corrected chi connectivity index (χ2v) is 4.28. The van der Waals surface area contributed by atoms with E-state index in [4.69, 9.17) is 5.11 Å². The van der Waals surface area contributed by atoms with Crippen molar-refractivity contribution in [3.8, 4) is 0 Å². The Bertz CT molecular complexity index is 494. The van der Waals surface area contributed by atoms with E-state index >= 15 is 0 Å². The van der Waals surface area contributed by atoms with Gasteiger partial charge in [-0.3, -0.25) is 9.69 Å². The summed E-state index contributed by atoms with van der Waals surface area (Å²) in [4.78, 5) is 24.2. The molecule has 0 spiro atoms. The largest absolute Gasteiger partial charge is 0.478 e. The maximum absolute atomic E-state index is 11.6. The second-order valence-electron chi connectivity index (χ2n) is 4.28. The predicted molar refractivity (Wildman–Crippen MR) is 78.5 cm³/mol. The first-order valence-corrected chi connectivity index (χ1v) is 6.59. The average molecular weight is 276 g/mol. The molecule has 1 aromatic rings. The van der Waals surface area contributed by atoms with Gasteiger partial charge >= 0.3 is 5.97 Å². The van der Waals surface area contributed by atoms with Gasteiger partial charge < -0.3 is 10.4 Å². The van der Waals surface area contributed by atoms with E-state index in [9.17, 15) is 9.59 Å². The van der Waals surface area contributed by atoms with Gasteiger partial charge in [0.15, 0.2) is 0 Å². The van der Waals surface area contributed by atoms with E-state index in [0.717, 1.165) is 37.3 Å². The monoisotopic (exact) mass is 276 g/mol. The van der Waals surface area contributed by atoms with Crippen LogP contribution in [0, 0.1) is 0 Å². The van der Waals surface area contributed by atoms with Crippen molar-refractivity contribution in [1.82, 2.24) is 4.90 Å². The van der Waals surface area contributed by atoms with Crippen LogP contribution >= 0.6 is 0 Å². The number of amides is 1. The molecule has 2 N–H and O–H groups in total. The molecular weight excluding hydrogens is 256 g/mol. The molecule has 0 aliphatic rings. The highest BCUT2D eigenvalue weighted by molar-refractivity contribution is 6.02. The van der Waals surface area contributed by atoms with Crippen molar-refractivity contribution in [2.75, 3.05) is 18.4 Å². The highest BCUT2D eigenvalue weighted by atomic mass is 16.4. The average Bonchev–Trinajstić information content (AvgIpc) is 2.44. The summed E-state index contributed by atoms with van der Waals surface area (Å²) in [5.74, 6) is -1.59. The van der Waals surface area contributed by atoms with Gasteiger partial charge in [-0.1, -0.05) is 32.0 Å². The Morgan fingerprint density at radius 2 is 1.85 bits per heavy atom. The number of anilines is 1. The Hall–Kier alpha value is -2.14. The number of aliphatic carboxylic acids is 1. The summed E-state index contributed by atoms with van der Waals surface area (Å²) in [5.41, 5.74) is 1.72. The molecule has 0 unspecified atom stereocenters. The lowest BCUT2D eigenvalue weighted by atomic mass is 10.1. The number of hydrogen-bond donors (Lipinski definition) is 2. The molecule has 0 radical (unpaired) electrons. The number of carbonyl (C=O) groups is 2. The van der Waals surface area contributed by atoms with E-state index in [1.54, 1.807) is 0 Å². The molecule has 0 saturated heterocycles. The zero-order valence-electron chi connectivity index (χ0n) is 11.8. The number of para-hydroxylation sites is 1. The first-order chi connectivity index (χ1) is 9.56. The lowest BCUT2D eigenvalue weighted by Crippen LogP contribution is -2.23. The van der Waals surface area contributed by atoms with E-state index in [1.807, 2.05) is 24.3 Å². The van der Waals surface area contributed by atoms with Crippen molar-refractivity contribution in [2.24, 2.45) is 0 Å². The minimum Gasteiger partial charge on any atom is -0.478 e. The minimum absolute atomic E-state index is 0.445. The van der Waals surface area contributed by atoms with Crippen LogP contribution in [-0.4, -0.2) is 35.0 Å². The van der Waals surface area contributed by atoms with Gasteiger partial charge in [0.2, 0.25) is 5.91 Å².